The summed E-state index contributed by atoms with van der Waals surface area (Å²) in [5, 5.41) is 0. The van der Waals surface area contributed by atoms with Gasteiger partial charge in [0, 0.05) is 28.9 Å². The van der Waals surface area contributed by atoms with E-state index in [2.05, 4.69) is 20.3 Å². The van der Waals surface area contributed by atoms with Gasteiger partial charge in [0.15, 0.2) is 0 Å². The van der Waals surface area contributed by atoms with Gasteiger partial charge in [0.05, 0.1) is 14.6 Å². The molecule has 2 aliphatic rings. The maximum Gasteiger partial charge on any atom is 0.442 e. The first-order valence-corrected chi connectivity index (χ1v) is 13.4. The molecule has 0 N–H and O–H groups in total. The third kappa shape index (κ3) is 4.99. The van der Waals surface area contributed by atoms with Crippen molar-refractivity contribution in [1.82, 2.24) is 0 Å². The summed E-state index contributed by atoms with van der Waals surface area (Å²) < 4.78 is 37.8. The molecule has 0 fully saturated rings. The predicted octanol–water partition coefficient (Wildman–Crippen LogP) is 5.28. The number of halogens is 2. The van der Waals surface area contributed by atoms with Gasteiger partial charge >= 0.3 is 6.09 Å². The third-order valence-corrected chi connectivity index (χ3v) is 7.91. The molecule has 176 valence electrons. The zero-order valence-corrected chi connectivity index (χ0v) is 21.4. The van der Waals surface area contributed by atoms with Gasteiger partial charge in [-0.3, -0.25) is 4.79 Å². The van der Waals surface area contributed by atoms with Crippen LogP contribution in [0.5, 0.6) is 0 Å². The second kappa shape index (κ2) is 8.51. The summed E-state index contributed by atoms with van der Waals surface area (Å²) in [6, 6.07) is 8.75. The number of fused-ring (bicyclic) bond motifs is 2. The fourth-order valence-corrected chi connectivity index (χ4v) is 5.94. The number of nitrogens with zero attached hydrogens (tertiary/aromatic N) is 2. The molecule has 2 amide bonds. The Morgan fingerprint density at radius 2 is 1.85 bits per heavy atom. The van der Waals surface area contributed by atoms with E-state index in [-0.39, 0.29) is 16.7 Å². The van der Waals surface area contributed by atoms with E-state index in [0.29, 0.717) is 37.1 Å². The van der Waals surface area contributed by atoms with Crippen LogP contribution >= 0.6 is 15.9 Å². The van der Waals surface area contributed by atoms with Crippen molar-refractivity contribution in [1.29, 1.82) is 0 Å². The zero-order valence-electron chi connectivity index (χ0n) is 19.0. The molecule has 0 aromatic heterocycles. The first-order valence-electron chi connectivity index (χ1n) is 10.7. The van der Waals surface area contributed by atoms with Gasteiger partial charge in [0.25, 0.3) is 0 Å². The van der Waals surface area contributed by atoms with E-state index in [1.807, 2.05) is 18.2 Å². The minimum absolute atomic E-state index is 0.0367. The standard InChI is InChI=1S/C24H26BrFN2O4S/c1-24(2,3)32-23(30)27-33(4,31)21-13-20-15(12-19(21)26)7-8-28(20)22(29)17-9-14-5-6-18(25)11-16(14)10-17/h5-6,11-13,17H,7-10H2,1-4H3/t17-,33?/m1/s1. The van der Waals surface area contributed by atoms with Crippen molar-refractivity contribution in [2.45, 2.75) is 50.5 Å². The van der Waals surface area contributed by atoms with E-state index in [1.54, 1.807) is 25.7 Å². The first kappa shape index (κ1) is 23.9. The second-order valence-electron chi connectivity index (χ2n) is 9.54. The summed E-state index contributed by atoms with van der Waals surface area (Å²) >= 11 is 3.48. The summed E-state index contributed by atoms with van der Waals surface area (Å²) in [6.07, 6.45) is 2.00. The summed E-state index contributed by atoms with van der Waals surface area (Å²) in [6.45, 7) is 5.42. The largest absolute Gasteiger partial charge is 0.442 e. The number of amides is 2. The quantitative estimate of drug-likeness (QED) is 0.522. The molecule has 4 rings (SSSR count). The number of hydrogen-bond donors (Lipinski definition) is 0. The van der Waals surface area contributed by atoms with Crippen LogP contribution in [-0.4, -0.2) is 34.6 Å². The Bertz CT molecular complexity index is 1280. The number of anilines is 1. The average Bonchev–Trinajstić information content (AvgIpc) is 3.27. The van der Waals surface area contributed by atoms with Crippen LogP contribution in [0, 0.1) is 11.7 Å². The van der Waals surface area contributed by atoms with E-state index in [9.17, 15) is 18.2 Å². The maximum absolute atomic E-state index is 14.9. The monoisotopic (exact) mass is 536 g/mol. The SMILES string of the molecule is CC(C)(C)OC(=O)N=S(C)(=O)c1cc2c(cc1F)CCN2C(=O)[C@@H]1Cc2ccc(Br)cc2C1. The third-order valence-electron chi connectivity index (χ3n) is 5.80. The molecule has 1 aliphatic heterocycles. The highest BCUT2D eigenvalue weighted by atomic mass is 79.9. The van der Waals surface area contributed by atoms with Crippen molar-refractivity contribution < 1.29 is 22.9 Å². The number of benzene rings is 2. The van der Waals surface area contributed by atoms with E-state index < -0.39 is 27.2 Å². The molecule has 0 radical (unpaired) electrons. The fraction of sp³-hybridized carbons (Fsp3) is 0.417. The van der Waals surface area contributed by atoms with Crippen molar-refractivity contribution in [3.8, 4) is 0 Å². The number of carbonyl (C=O) groups is 2. The summed E-state index contributed by atoms with van der Waals surface area (Å²) in [5.41, 5.74) is 2.69. The number of ether oxygens (including phenoxy) is 1. The molecule has 6 nitrogen and oxygen atoms in total. The van der Waals surface area contributed by atoms with Crippen LogP contribution in [0.1, 0.15) is 37.5 Å². The zero-order chi connectivity index (χ0) is 24.1. The van der Waals surface area contributed by atoms with E-state index >= 15 is 0 Å². The molecular formula is C24H26BrFN2O4S. The normalized spacial score (nSPS) is 19.0. The highest BCUT2D eigenvalue weighted by Gasteiger charge is 2.35. The van der Waals surface area contributed by atoms with Crippen LogP contribution in [0.15, 0.2) is 44.1 Å². The van der Waals surface area contributed by atoms with Crippen molar-refractivity contribution >= 4 is 43.3 Å². The Labute approximate surface area is 201 Å². The van der Waals surface area contributed by atoms with E-state index in [0.717, 1.165) is 15.6 Å². The summed E-state index contributed by atoms with van der Waals surface area (Å²) in [7, 11) is -3.42. The Hall–Kier alpha value is -2.26. The Balaban J connectivity index is 1.63. The lowest BCUT2D eigenvalue weighted by Gasteiger charge is -2.22. The highest BCUT2D eigenvalue weighted by molar-refractivity contribution is 9.10. The lowest BCUT2D eigenvalue weighted by atomic mass is 10.0. The Morgan fingerprint density at radius 1 is 1.15 bits per heavy atom. The van der Waals surface area contributed by atoms with Crippen LogP contribution in [0.25, 0.3) is 0 Å². The lowest BCUT2D eigenvalue weighted by molar-refractivity contribution is -0.122. The number of rotatable bonds is 2. The van der Waals surface area contributed by atoms with Gasteiger partial charge in [-0.15, -0.1) is 4.36 Å². The van der Waals surface area contributed by atoms with Crippen molar-refractivity contribution in [3.63, 3.8) is 0 Å². The van der Waals surface area contributed by atoms with Gasteiger partial charge in [-0.1, -0.05) is 22.0 Å². The molecule has 2 atom stereocenters. The fourth-order valence-electron chi connectivity index (χ4n) is 4.36. The molecule has 2 aromatic carbocycles. The minimum atomic E-state index is -3.42. The van der Waals surface area contributed by atoms with Crippen LogP contribution in [0.2, 0.25) is 0 Å². The number of carbonyl (C=O) groups excluding carboxylic acids is 2. The van der Waals surface area contributed by atoms with Gasteiger partial charge in [-0.05, 0) is 81.0 Å². The van der Waals surface area contributed by atoms with Crippen LogP contribution in [0.3, 0.4) is 0 Å². The maximum atomic E-state index is 14.9. The second-order valence-corrected chi connectivity index (χ2v) is 12.7. The van der Waals surface area contributed by atoms with E-state index in [4.69, 9.17) is 4.74 Å². The summed E-state index contributed by atoms with van der Waals surface area (Å²) in [4.78, 5) is 27.0. The van der Waals surface area contributed by atoms with Crippen molar-refractivity contribution in [2.24, 2.45) is 10.3 Å². The Morgan fingerprint density at radius 3 is 2.55 bits per heavy atom. The molecule has 33 heavy (non-hydrogen) atoms. The molecule has 0 saturated carbocycles. The van der Waals surface area contributed by atoms with Gasteiger partial charge in [-0.2, -0.15) is 0 Å². The highest BCUT2D eigenvalue weighted by Crippen LogP contribution is 2.37. The van der Waals surface area contributed by atoms with Gasteiger partial charge in [0.2, 0.25) is 5.91 Å². The Kier molecular flexibility index (Phi) is 6.16. The summed E-state index contributed by atoms with van der Waals surface area (Å²) in [5.74, 6) is -0.947. The molecule has 2 aromatic rings. The van der Waals surface area contributed by atoms with Crippen molar-refractivity contribution in [3.05, 3.63) is 57.3 Å². The van der Waals surface area contributed by atoms with Crippen LogP contribution in [-0.2, 0) is 38.5 Å². The predicted molar refractivity (Wildman–Crippen MR) is 128 cm³/mol. The molecule has 9 heteroatoms. The molecule has 1 unspecified atom stereocenters. The smallest absolute Gasteiger partial charge is 0.442 e. The number of hydrogen-bond acceptors (Lipinski definition) is 4. The van der Waals surface area contributed by atoms with Gasteiger partial charge in [0.1, 0.15) is 11.4 Å². The van der Waals surface area contributed by atoms with Gasteiger partial charge < -0.3 is 9.64 Å². The average molecular weight is 537 g/mol. The van der Waals surface area contributed by atoms with Crippen molar-refractivity contribution in [2.75, 3.05) is 17.7 Å². The molecule has 1 aliphatic carbocycles. The first-order chi connectivity index (χ1) is 15.3. The van der Waals surface area contributed by atoms with E-state index in [1.165, 1.54) is 18.4 Å². The molecule has 0 saturated heterocycles. The molecule has 0 bridgehead atoms. The van der Waals surface area contributed by atoms with Crippen LogP contribution < -0.4 is 4.90 Å². The molecular weight excluding hydrogens is 511 g/mol. The van der Waals surface area contributed by atoms with Crippen LogP contribution in [0.4, 0.5) is 14.9 Å². The lowest BCUT2D eigenvalue weighted by Crippen LogP contribution is -2.35. The topological polar surface area (TPSA) is 76.0 Å². The van der Waals surface area contributed by atoms with Gasteiger partial charge in [-0.25, -0.2) is 13.4 Å². The minimum Gasteiger partial charge on any atom is -0.442 e. The molecule has 0 spiro atoms. The molecule has 1 heterocycles.